The van der Waals surface area contributed by atoms with Crippen LogP contribution in [0.4, 0.5) is 13.2 Å². The number of nitrogens with zero attached hydrogens (tertiary/aromatic N) is 1. The highest BCUT2D eigenvalue weighted by atomic mass is 127. The predicted octanol–water partition coefficient (Wildman–Crippen LogP) is 4.27. The largest absolute Gasteiger partial charge is 0.385 e. The topological polar surface area (TPSA) is 52.6 Å². The lowest BCUT2D eigenvalue weighted by Crippen LogP contribution is -2.67. The summed E-state index contributed by atoms with van der Waals surface area (Å²) in [6.45, 7) is 3.46. The monoisotopic (exact) mass is 546 g/mol. The Morgan fingerprint density at radius 1 is 1.16 bits per heavy atom. The van der Waals surface area contributed by atoms with E-state index in [-0.39, 0.29) is 36.2 Å². The number of hydrogen-bond acceptors (Lipinski definition) is 3. The molecular formula is C23H26F3IN2O2. The summed E-state index contributed by atoms with van der Waals surface area (Å²) >= 11 is 1.96. The molecule has 0 saturated carbocycles. The fourth-order valence-corrected chi connectivity index (χ4v) is 4.19. The van der Waals surface area contributed by atoms with Crippen LogP contribution in [-0.4, -0.2) is 47.7 Å². The standard InChI is InChI=1S/C23H26F3IN2O2/c1-2-3-4-9-28-12-23(31)13-29(14-23)22(30)17-7-8-19(24)21(26)18(17)10-15-5-6-16(27)11-20(15)25/h5-8,11,28,31H,2-4,9-10,12-14H2,1H3. The van der Waals surface area contributed by atoms with Crippen molar-refractivity contribution in [3.63, 3.8) is 0 Å². The molecule has 2 aromatic carbocycles. The first kappa shape index (κ1) is 24.0. The number of halogens is 4. The van der Waals surface area contributed by atoms with E-state index < -0.39 is 29.0 Å². The summed E-state index contributed by atoms with van der Waals surface area (Å²) in [5, 5.41) is 13.8. The zero-order chi connectivity index (χ0) is 22.6. The lowest BCUT2D eigenvalue weighted by Gasteiger charge is -2.46. The molecule has 1 saturated heterocycles. The van der Waals surface area contributed by atoms with Gasteiger partial charge in [-0.3, -0.25) is 4.79 Å². The minimum atomic E-state index is -1.16. The number of benzene rings is 2. The van der Waals surface area contributed by atoms with Gasteiger partial charge in [-0.25, -0.2) is 13.2 Å². The van der Waals surface area contributed by atoms with Crippen LogP contribution in [-0.2, 0) is 6.42 Å². The third-order valence-corrected chi connectivity index (χ3v) is 6.15. The number of hydrogen-bond donors (Lipinski definition) is 2. The van der Waals surface area contributed by atoms with Gasteiger partial charge >= 0.3 is 0 Å². The Morgan fingerprint density at radius 2 is 1.90 bits per heavy atom. The molecule has 31 heavy (non-hydrogen) atoms. The van der Waals surface area contributed by atoms with Crippen molar-refractivity contribution in [2.24, 2.45) is 0 Å². The van der Waals surface area contributed by atoms with E-state index in [1.54, 1.807) is 6.07 Å². The SMILES string of the molecule is CCCCCNCC1(O)CN(C(=O)c2ccc(F)c(F)c2Cc2ccc(I)cc2F)C1. The molecule has 0 unspecified atom stereocenters. The van der Waals surface area contributed by atoms with Gasteiger partial charge in [-0.1, -0.05) is 25.8 Å². The smallest absolute Gasteiger partial charge is 0.254 e. The molecule has 3 rings (SSSR count). The molecule has 1 heterocycles. The number of unbranched alkanes of at least 4 members (excludes halogenated alkanes) is 2. The molecule has 0 bridgehead atoms. The van der Waals surface area contributed by atoms with Crippen LogP contribution in [0, 0.1) is 21.0 Å². The zero-order valence-corrected chi connectivity index (χ0v) is 19.5. The van der Waals surface area contributed by atoms with Crippen molar-refractivity contribution in [2.75, 3.05) is 26.2 Å². The minimum absolute atomic E-state index is 0.0187. The lowest BCUT2D eigenvalue weighted by atomic mass is 9.91. The molecule has 0 atom stereocenters. The van der Waals surface area contributed by atoms with Crippen LogP contribution in [0.2, 0.25) is 0 Å². The van der Waals surface area contributed by atoms with E-state index in [1.165, 1.54) is 23.1 Å². The fourth-order valence-electron chi connectivity index (χ4n) is 3.73. The number of nitrogens with one attached hydrogen (secondary N) is 1. The molecule has 1 fully saturated rings. The van der Waals surface area contributed by atoms with Crippen LogP contribution < -0.4 is 5.32 Å². The second-order valence-corrected chi connectivity index (χ2v) is 9.32. The molecule has 2 aromatic rings. The van der Waals surface area contributed by atoms with Gasteiger partial charge in [-0.15, -0.1) is 0 Å². The normalized spacial score (nSPS) is 15.1. The van der Waals surface area contributed by atoms with Gasteiger partial charge in [0.05, 0.1) is 13.1 Å². The summed E-state index contributed by atoms with van der Waals surface area (Å²) < 4.78 is 43.4. The van der Waals surface area contributed by atoms with Crippen molar-refractivity contribution in [1.29, 1.82) is 0 Å². The molecule has 168 valence electrons. The second kappa shape index (κ2) is 10.3. The average molecular weight is 546 g/mol. The Morgan fingerprint density at radius 3 is 2.58 bits per heavy atom. The number of likely N-dealkylation sites (tertiary alicyclic amines) is 1. The lowest BCUT2D eigenvalue weighted by molar-refractivity contribution is -0.0785. The van der Waals surface area contributed by atoms with E-state index >= 15 is 0 Å². The van der Waals surface area contributed by atoms with E-state index in [0.29, 0.717) is 10.1 Å². The van der Waals surface area contributed by atoms with Gasteiger partial charge in [0.1, 0.15) is 11.4 Å². The number of aliphatic hydroxyl groups is 1. The maximum atomic E-state index is 14.6. The Hall–Kier alpha value is -1.65. The van der Waals surface area contributed by atoms with Gasteiger partial charge in [-0.2, -0.15) is 0 Å². The average Bonchev–Trinajstić information content (AvgIpc) is 2.70. The number of β-amino-alcohol motifs (C(OH)–C–C–N with tert-alkyl or cyclic N) is 1. The number of carbonyl (C=O) groups is 1. The third kappa shape index (κ3) is 5.78. The summed E-state index contributed by atoms with van der Waals surface area (Å²) in [6, 6.07) is 6.60. The van der Waals surface area contributed by atoms with Gasteiger partial charge in [0.25, 0.3) is 5.91 Å². The minimum Gasteiger partial charge on any atom is -0.385 e. The van der Waals surface area contributed by atoms with Crippen LogP contribution in [0.1, 0.15) is 47.7 Å². The van der Waals surface area contributed by atoms with Gasteiger partial charge in [0.15, 0.2) is 11.6 Å². The van der Waals surface area contributed by atoms with Crippen molar-refractivity contribution >= 4 is 28.5 Å². The molecule has 2 N–H and O–H groups in total. The van der Waals surface area contributed by atoms with Crippen LogP contribution in [0.3, 0.4) is 0 Å². The summed E-state index contributed by atoms with van der Waals surface area (Å²) in [5.41, 5.74) is -1.06. The third-order valence-electron chi connectivity index (χ3n) is 5.48. The molecule has 8 heteroatoms. The second-order valence-electron chi connectivity index (χ2n) is 8.07. The molecule has 4 nitrogen and oxygen atoms in total. The number of amides is 1. The first-order valence-corrected chi connectivity index (χ1v) is 11.4. The van der Waals surface area contributed by atoms with E-state index in [2.05, 4.69) is 12.2 Å². The molecule has 1 aliphatic heterocycles. The quantitative estimate of drug-likeness (QED) is 0.365. The van der Waals surface area contributed by atoms with Crippen molar-refractivity contribution in [1.82, 2.24) is 10.2 Å². The fraction of sp³-hybridized carbons (Fsp3) is 0.435. The van der Waals surface area contributed by atoms with Crippen LogP contribution in [0.15, 0.2) is 30.3 Å². The Labute approximate surface area is 194 Å². The summed E-state index contributed by atoms with van der Waals surface area (Å²) in [7, 11) is 0. The van der Waals surface area contributed by atoms with Crippen molar-refractivity contribution in [3.05, 3.63) is 68.0 Å². The van der Waals surface area contributed by atoms with Gasteiger partial charge < -0.3 is 15.3 Å². The van der Waals surface area contributed by atoms with Crippen molar-refractivity contribution in [3.8, 4) is 0 Å². The molecule has 0 radical (unpaired) electrons. The van der Waals surface area contributed by atoms with Gasteiger partial charge in [0, 0.05) is 27.7 Å². The summed E-state index contributed by atoms with van der Waals surface area (Å²) in [6.07, 6.45) is 2.99. The Balaban J connectivity index is 1.71. The highest BCUT2D eigenvalue weighted by molar-refractivity contribution is 14.1. The number of rotatable bonds is 9. The Bertz CT molecular complexity index is 949. The summed E-state index contributed by atoms with van der Waals surface area (Å²) in [5.74, 6) is -3.29. The van der Waals surface area contributed by atoms with E-state index in [4.69, 9.17) is 0 Å². The molecule has 0 spiro atoms. The van der Waals surface area contributed by atoms with Gasteiger partial charge in [-0.05, 0) is 65.4 Å². The van der Waals surface area contributed by atoms with Crippen LogP contribution in [0.25, 0.3) is 0 Å². The maximum absolute atomic E-state index is 14.6. The first-order chi connectivity index (χ1) is 14.7. The predicted molar refractivity (Wildman–Crippen MR) is 122 cm³/mol. The molecule has 0 aromatic heterocycles. The van der Waals surface area contributed by atoms with Gasteiger partial charge in [0.2, 0.25) is 0 Å². The molecule has 1 amide bonds. The molecular weight excluding hydrogens is 520 g/mol. The maximum Gasteiger partial charge on any atom is 0.254 e. The molecule has 0 aliphatic carbocycles. The zero-order valence-electron chi connectivity index (χ0n) is 17.4. The summed E-state index contributed by atoms with van der Waals surface area (Å²) in [4.78, 5) is 14.4. The van der Waals surface area contributed by atoms with E-state index in [9.17, 15) is 23.1 Å². The van der Waals surface area contributed by atoms with Crippen molar-refractivity contribution < 1.29 is 23.1 Å². The van der Waals surface area contributed by atoms with E-state index in [0.717, 1.165) is 31.9 Å². The van der Waals surface area contributed by atoms with Crippen molar-refractivity contribution in [2.45, 2.75) is 38.2 Å². The van der Waals surface area contributed by atoms with E-state index in [1.807, 2.05) is 22.6 Å². The highest BCUT2D eigenvalue weighted by Gasteiger charge is 2.44. The van der Waals surface area contributed by atoms with Crippen LogP contribution >= 0.6 is 22.6 Å². The first-order valence-electron chi connectivity index (χ1n) is 10.4. The highest BCUT2D eigenvalue weighted by Crippen LogP contribution is 2.28. The van der Waals surface area contributed by atoms with Crippen LogP contribution in [0.5, 0.6) is 0 Å². The molecule has 1 aliphatic rings. The Kier molecular flexibility index (Phi) is 7.98. The number of carbonyl (C=O) groups excluding carboxylic acids is 1.